The zero-order valence-electron chi connectivity index (χ0n) is 16.5. The van der Waals surface area contributed by atoms with Gasteiger partial charge in [-0.3, -0.25) is 19.8 Å². The molecule has 0 spiro atoms. The highest BCUT2D eigenvalue weighted by Crippen LogP contribution is 2.28. The molecule has 0 aliphatic carbocycles. The molecule has 9 heteroatoms. The summed E-state index contributed by atoms with van der Waals surface area (Å²) in [4.78, 5) is 38.1. The summed E-state index contributed by atoms with van der Waals surface area (Å²) in [7, 11) is 0. The summed E-state index contributed by atoms with van der Waals surface area (Å²) in [6.45, 7) is -0.0642. The predicted octanol–water partition coefficient (Wildman–Crippen LogP) is 4.42. The van der Waals surface area contributed by atoms with Crippen molar-refractivity contribution in [3.05, 3.63) is 93.6 Å². The monoisotopic (exact) mass is 498 g/mol. The second-order valence-corrected chi connectivity index (χ2v) is 7.71. The van der Waals surface area contributed by atoms with Crippen molar-refractivity contribution in [3.8, 4) is 5.75 Å². The maximum atomic E-state index is 13.8. The van der Waals surface area contributed by atoms with Gasteiger partial charge in [-0.25, -0.2) is 9.18 Å². The lowest BCUT2D eigenvalue weighted by molar-refractivity contribution is -0.130. The summed E-state index contributed by atoms with van der Waals surface area (Å²) in [6, 6.07) is 13.7. The van der Waals surface area contributed by atoms with Crippen LogP contribution in [0.2, 0.25) is 0 Å². The average molecular weight is 499 g/mol. The normalized spacial score (nSPS) is 15.2. The average Bonchev–Trinajstić information content (AvgIpc) is 3.28. The largest absolute Gasteiger partial charge is 0.488 e. The molecule has 1 saturated heterocycles. The van der Waals surface area contributed by atoms with Gasteiger partial charge in [-0.05, 0) is 57.9 Å². The molecular weight excluding hydrogens is 483 g/mol. The van der Waals surface area contributed by atoms with Crippen molar-refractivity contribution in [2.24, 2.45) is 0 Å². The third-order valence-corrected chi connectivity index (χ3v) is 5.31. The highest BCUT2D eigenvalue weighted by Gasteiger charge is 2.36. The maximum absolute atomic E-state index is 13.8. The zero-order valence-corrected chi connectivity index (χ0v) is 18.1. The van der Waals surface area contributed by atoms with Gasteiger partial charge >= 0.3 is 6.03 Å². The minimum Gasteiger partial charge on any atom is -0.488 e. The Morgan fingerprint density at radius 3 is 2.62 bits per heavy atom. The molecule has 32 heavy (non-hydrogen) atoms. The molecule has 4 rings (SSSR count). The van der Waals surface area contributed by atoms with Gasteiger partial charge in [0.1, 0.15) is 29.5 Å². The van der Waals surface area contributed by atoms with E-state index in [2.05, 4.69) is 21.2 Å². The van der Waals surface area contributed by atoms with Crippen LogP contribution in [-0.2, 0) is 22.7 Å². The molecule has 0 unspecified atom stereocenters. The fraction of sp³-hybridized carbons (Fsp3) is 0.0870. The van der Waals surface area contributed by atoms with Gasteiger partial charge in [0, 0.05) is 5.56 Å². The molecule has 2 heterocycles. The van der Waals surface area contributed by atoms with Crippen LogP contribution in [-0.4, -0.2) is 22.7 Å². The van der Waals surface area contributed by atoms with Crippen LogP contribution in [0.3, 0.4) is 0 Å². The molecule has 7 nitrogen and oxygen atoms in total. The lowest BCUT2D eigenvalue weighted by Crippen LogP contribution is -2.53. The number of barbiturate groups is 1. The van der Waals surface area contributed by atoms with E-state index in [4.69, 9.17) is 9.15 Å². The SMILES string of the molecule is O=C1NC(=O)N(Cc2ccco2)C(=O)/C1=C/c1ccc(OCc2ccccc2F)c(Br)c1. The van der Waals surface area contributed by atoms with E-state index >= 15 is 0 Å². The molecular formula is C23H16BrFN2O5. The molecule has 3 aromatic rings. The molecule has 1 aliphatic rings. The van der Waals surface area contributed by atoms with Crippen LogP contribution in [0.25, 0.3) is 6.08 Å². The van der Waals surface area contributed by atoms with E-state index in [-0.39, 0.29) is 24.5 Å². The minimum atomic E-state index is -0.813. The number of hydrogen-bond acceptors (Lipinski definition) is 5. The fourth-order valence-corrected chi connectivity index (χ4v) is 3.57. The van der Waals surface area contributed by atoms with Crippen molar-refractivity contribution in [2.75, 3.05) is 0 Å². The van der Waals surface area contributed by atoms with Gasteiger partial charge in [0.15, 0.2) is 0 Å². The number of hydrogen-bond donors (Lipinski definition) is 1. The standard InChI is InChI=1S/C23H16BrFN2O5/c24-18-11-14(7-8-20(18)32-13-15-4-1-2-6-19(15)25)10-17-21(28)26-23(30)27(22(17)29)12-16-5-3-9-31-16/h1-11H,12-13H2,(H,26,28,30)/b17-10+. The Kier molecular flexibility index (Phi) is 6.18. The topological polar surface area (TPSA) is 88.9 Å². The van der Waals surface area contributed by atoms with Crippen LogP contribution in [0.5, 0.6) is 5.75 Å². The summed E-state index contributed by atoms with van der Waals surface area (Å²) in [5.74, 6) is -1.01. The minimum absolute atomic E-state index is 0.0381. The van der Waals surface area contributed by atoms with Gasteiger partial charge in [0.05, 0.1) is 17.3 Å². The lowest BCUT2D eigenvalue weighted by Gasteiger charge is -2.25. The quantitative estimate of drug-likeness (QED) is 0.401. The highest BCUT2D eigenvalue weighted by atomic mass is 79.9. The Morgan fingerprint density at radius 1 is 1.09 bits per heavy atom. The number of benzene rings is 2. The van der Waals surface area contributed by atoms with Gasteiger partial charge in [-0.2, -0.15) is 0 Å². The number of nitrogens with zero attached hydrogens (tertiary/aromatic N) is 1. The molecule has 1 fully saturated rings. The molecule has 0 saturated carbocycles. The van der Waals surface area contributed by atoms with Crippen LogP contribution >= 0.6 is 15.9 Å². The third kappa shape index (κ3) is 4.62. The summed E-state index contributed by atoms with van der Waals surface area (Å²) >= 11 is 3.39. The molecule has 162 valence electrons. The number of halogens is 2. The summed E-state index contributed by atoms with van der Waals surface area (Å²) < 4.78 is 25.2. The maximum Gasteiger partial charge on any atom is 0.331 e. The van der Waals surface area contributed by atoms with E-state index in [0.29, 0.717) is 27.1 Å². The van der Waals surface area contributed by atoms with E-state index in [1.807, 2.05) is 0 Å². The number of urea groups is 1. The number of ether oxygens (including phenoxy) is 1. The Balaban J connectivity index is 1.52. The first-order valence-electron chi connectivity index (χ1n) is 9.49. The number of imide groups is 2. The highest BCUT2D eigenvalue weighted by molar-refractivity contribution is 9.10. The first-order chi connectivity index (χ1) is 15.4. The van der Waals surface area contributed by atoms with E-state index in [9.17, 15) is 18.8 Å². The second-order valence-electron chi connectivity index (χ2n) is 6.86. The number of nitrogens with one attached hydrogen (secondary N) is 1. The lowest BCUT2D eigenvalue weighted by atomic mass is 10.1. The van der Waals surface area contributed by atoms with Gasteiger partial charge in [0.2, 0.25) is 0 Å². The van der Waals surface area contributed by atoms with Crippen molar-refractivity contribution >= 4 is 39.9 Å². The van der Waals surface area contributed by atoms with Crippen LogP contribution in [0, 0.1) is 5.82 Å². The third-order valence-electron chi connectivity index (χ3n) is 4.69. The zero-order chi connectivity index (χ0) is 22.7. The van der Waals surface area contributed by atoms with E-state index in [0.717, 1.165) is 4.90 Å². The molecule has 0 atom stereocenters. The van der Waals surface area contributed by atoms with Crippen LogP contribution in [0.15, 0.2) is 75.3 Å². The van der Waals surface area contributed by atoms with Gasteiger partial charge < -0.3 is 9.15 Å². The summed E-state index contributed by atoms with van der Waals surface area (Å²) in [5, 5.41) is 2.16. The Hall–Kier alpha value is -3.72. The molecule has 1 aromatic heterocycles. The van der Waals surface area contributed by atoms with Gasteiger partial charge in [0.25, 0.3) is 11.8 Å². The number of carbonyl (C=O) groups is 3. The summed E-state index contributed by atoms with van der Waals surface area (Å²) in [6.07, 6.45) is 2.81. The molecule has 2 aromatic carbocycles. The first kappa shape index (κ1) is 21.5. The van der Waals surface area contributed by atoms with Crippen molar-refractivity contribution in [1.82, 2.24) is 10.2 Å². The predicted molar refractivity (Wildman–Crippen MR) is 116 cm³/mol. The van der Waals surface area contributed by atoms with Crippen LogP contribution < -0.4 is 10.1 Å². The number of carbonyl (C=O) groups excluding carboxylic acids is 3. The van der Waals surface area contributed by atoms with E-state index in [1.165, 1.54) is 18.4 Å². The van der Waals surface area contributed by atoms with Gasteiger partial charge in [-0.15, -0.1) is 0 Å². The summed E-state index contributed by atoms with van der Waals surface area (Å²) in [5.41, 5.74) is 0.750. The van der Waals surface area contributed by atoms with Crippen LogP contribution in [0.4, 0.5) is 9.18 Å². The number of amides is 4. The van der Waals surface area contributed by atoms with E-state index in [1.54, 1.807) is 48.5 Å². The molecule has 1 aliphatic heterocycles. The molecule has 0 bridgehead atoms. The van der Waals surface area contributed by atoms with Gasteiger partial charge in [-0.1, -0.05) is 24.3 Å². The fourth-order valence-electron chi connectivity index (χ4n) is 3.06. The molecule has 4 amide bonds. The van der Waals surface area contributed by atoms with Crippen molar-refractivity contribution in [3.63, 3.8) is 0 Å². The van der Waals surface area contributed by atoms with Crippen molar-refractivity contribution in [2.45, 2.75) is 13.2 Å². The number of furan rings is 1. The molecule has 0 radical (unpaired) electrons. The molecule has 1 N–H and O–H groups in total. The number of rotatable bonds is 6. The van der Waals surface area contributed by atoms with Crippen LogP contribution in [0.1, 0.15) is 16.9 Å². The smallest absolute Gasteiger partial charge is 0.331 e. The van der Waals surface area contributed by atoms with E-state index < -0.39 is 17.8 Å². The van der Waals surface area contributed by atoms with Crippen molar-refractivity contribution < 1.29 is 27.9 Å². The first-order valence-corrected chi connectivity index (χ1v) is 10.3. The Labute approximate surface area is 190 Å². The van der Waals surface area contributed by atoms with Crippen molar-refractivity contribution in [1.29, 1.82) is 0 Å². The Morgan fingerprint density at radius 2 is 1.91 bits per heavy atom. The second kappa shape index (κ2) is 9.19. The Bertz CT molecular complexity index is 1220.